The van der Waals surface area contributed by atoms with Gasteiger partial charge in [0.25, 0.3) is 0 Å². The first kappa shape index (κ1) is 17.6. The topological polar surface area (TPSA) is 17.4 Å². The second-order valence-corrected chi connectivity index (χ2v) is 7.21. The van der Waals surface area contributed by atoms with Gasteiger partial charge < -0.3 is 4.74 Å². The molecule has 1 unspecified atom stereocenters. The molecule has 2 heterocycles. The summed E-state index contributed by atoms with van der Waals surface area (Å²) in [6, 6.07) is 14.9. The number of fused-ring (bicyclic) bond motifs is 3. The lowest BCUT2D eigenvalue weighted by molar-refractivity contribution is 0.242. The Balaban J connectivity index is 1.89. The molecule has 2 aromatic carbocycles. The molecule has 4 rings (SSSR count). The molecule has 0 amide bonds. The average Bonchev–Trinajstić information content (AvgIpc) is 2.96. The minimum Gasteiger partial charge on any atom is -0.494 e. The van der Waals surface area contributed by atoms with Crippen molar-refractivity contribution in [1.29, 1.82) is 0 Å². The first-order valence-corrected chi connectivity index (χ1v) is 9.19. The predicted octanol–water partition coefficient (Wildman–Crippen LogP) is 4.50. The largest absolute Gasteiger partial charge is 0.494 e. The van der Waals surface area contributed by atoms with Gasteiger partial charge in [0.1, 0.15) is 0 Å². The first-order valence-electron chi connectivity index (χ1n) is 9.19. The van der Waals surface area contributed by atoms with Crippen LogP contribution in [0.5, 0.6) is 5.75 Å². The molecule has 0 bridgehead atoms. The highest BCUT2D eigenvalue weighted by atomic mass is 19.1. The van der Waals surface area contributed by atoms with E-state index >= 15 is 0 Å². The minimum atomic E-state index is -0.396. The van der Waals surface area contributed by atoms with Crippen molar-refractivity contribution in [2.24, 2.45) is 0 Å². The number of ether oxygens (including phenoxy) is 1. The zero-order chi connectivity index (χ0) is 19.1. The average molecular weight is 362 g/mol. The Morgan fingerprint density at radius 2 is 2.00 bits per heavy atom. The second-order valence-electron chi connectivity index (χ2n) is 7.21. The van der Waals surface area contributed by atoms with Gasteiger partial charge in [-0.1, -0.05) is 11.6 Å². The minimum absolute atomic E-state index is 0.232. The molecule has 1 aromatic heterocycles. The standard InChI is InChI=1S/C23H23FN2O/c1-15-5-7-21-19(13-15)18-10-11-25(3)16(2)23(18)26(21)12-9-17-6-8-22(27-4)20(24)14-17/h5-8,13-14,16H,10-11H2,1-4H3. The monoisotopic (exact) mass is 362 g/mol. The lowest BCUT2D eigenvalue weighted by Gasteiger charge is -2.30. The van der Waals surface area contributed by atoms with Crippen LogP contribution in [-0.2, 0) is 6.42 Å². The zero-order valence-electron chi connectivity index (χ0n) is 16.1. The third kappa shape index (κ3) is 2.98. The highest BCUT2D eigenvalue weighted by molar-refractivity contribution is 5.87. The maximum atomic E-state index is 14.0. The molecule has 1 aliphatic heterocycles. The van der Waals surface area contributed by atoms with Gasteiger partial charge in [-0.25, -0.2) is 4.39 Å². The quantitative estimate of drug-likeness (QED) is 0.593. The number of methoxy groups -OCH3 is 1. The number of benzene rings is 2. The fourth-order valence-corrected chi connectivity index (χ4v) is 3.87. The Kier molecular flexibility index (Phi) is 4.41. The van der Waals surface area contributed by atoms with E-state index in [0.717, 1.165) is 18.5 Å². The summed E-state index contributed by atoms with van der Waals surface area (Å²) >= 11 is 0. The lowest BCUT2D eigenvalue weighted by Crippen LogP contribution is -2.31. The first-order chi connectivity index (χ1) is 13.0. The van der Waals surface area contributed by atoms with E-state index in [-0.39, 0.29) is 11.8 Å². The molecular formula is C23H23FN2O. The van der Waals surface area contributed by atoms with E-state index in [1.165, 1.54) is 35.4 Å². The maximum absolute atomic E-state index is 14.0. The van der Waals surface area contributed by atoms with Crippen LogP contribution >= 0.6 is 0 Å². The summed E-state index contributed by atoms with van der Waals surface area (Å²) < 4.78 is 21.1. The third-order valence-corrected chi connectivity index (χ3v) is 5.50. The molecule has 138 valence electrons. The van der Waals surface area contributed by atoms with E-state index in [0.29, 0.717) is 5.56 Å². The Morgan fingerprint density at radius 3 is 2.74 bits per heavy atom. The number of hydrogen-bond donors (Lipinski definition) is 0. The highest BCUT2D eigenvalue weighted by Crippen LogP contribution is 2.36. The highest BCUT2D eigenvalue weighted by Gasteiger charge is 2.27. The second kappa shape index (κ2) is 6.75. The van der Waals surface area contributed by atoms with Gasteiger partial charge in [-0.15, -0.1) is 0 Å². The lowest BCUT2D eigenvalue weighted by atomic mass is 9.98. The molecule has 0 aliphatic carbocycles. The van der Waals surface area contributed by atoms with E-state index in [1.807, 2.05) is 0 Å². The molecule has 0 fully saturated rings. The molecule has 4 heteroatoms. The smallest absolute Gasteiger partial charge is 0.166 e. The van der Waals surface area contributed by atoms with E-state index < -0.39 is 5.82 Å². The normalized spacial score (nSPS) is 16.7. The van der Waals surface area contributed by atoms with Crippen molar-refractivity contribution in [1.82, 2.24) is 9.47 Å². The van der Waals surface area contributed by atoms with Gasteiger partial charge in [-0.05, 0) is 69.1 Å². The van der Waals surface area contributed by atoms with Crippen LogP contribution in [0.2, 0.25) is 0 Å². The summed E-state index contributed by atoms with van der Waals surface area (Å²) in [5.74, 6) is 2.97. The van der Waals surface area contributed by atoms with Crippen molar-refractivity contribution in [3.8, 4) is 17.7 Å². The number of aromatic nitrogens is 1. The van der Waals surface area contributed by atoms with Crippen molar-refractivity contribution in [3.63, 3.8) is 0 Å². The number of halogens is 1. The van der Waals surface area contributed by atoms with E-state index in [9.17, 15) is 4.39 Å². The summed E-state index contributed by atoms with van der Waals surface area (Å²) in [5.41, 5.74) is 5.63. The molecular weight excluding hydrogens is 339 g/mol. The molecule has 3 aromatic rings. The van der Waals surface area contributed by atoms with E-state index in [1.54, 1.807) is 12.1 Å². The van der Waals surface area contributed by atoms with Gasteiger partial charge in [0.15, 0.2) is 11.6 Å². The van der Waals surface area contributed by atoms with E-state index in [4.69, 9.17) is 4.74 Å². The number of likely N-dealkylation sites (N-methyl/N-ethyl adjacent to an activating group) is 1. The summed E-state index contributed by atoms with van der Waals surface area (Å²) in [7, 11) is 3.61. The molecule has 1 aliphatic rings. The van der Waals surface area contributed by atoms with Crippen LogP contribution in [-0.4, -0.2) is 30.2 Å². The van der Waals surface area contributed by atoms with Gasteiger partial charge in [0.05, 0.1) is 18.3 Å². The van der Waals surface area contributed by atoms with Gasteiger partial charge in [-0.3, -0.25) is 9.47 Å². The fraction of sp³-hybridized carbons (Fsp3) is 0.304. The van der Waals surface area contributed by atoms with Crippen LogP contribution in [0.4, 0.5) is 4.39 Å². The number of aryl methyl sites for hydroxylation is 1. The Bertz CT molecular complexity index is 1090. The van der Waals surface area contributed by atoms with Crippen LogP contribution in [0.25, 0.3) is 10.9 Å². The molecule has 0 saturated heterocycles. The Hall–Kier alpha value is -2.77. The van der Waals surface area contributed by atoms with Gasteiger partial charge >= 0.3 is 0 Å². The fourth-order valence-electron chi connectivity index (χ4n) is 3.87. The van der Waals surface area contributed by atoms with Crippen LogP contribution in [0, 0.1) is 24.7 Å². The van der Waals surface area contributed by atoms with Crippen molar-refractivity contribution in [3.05, 3.63) is 64.6 Å². The maximum Gasteiger partial charge on any atom is 0.166 e. The van der Waals surface area contributed by atoms with Crippen molar-refractivity contribution < 1.29 is 9.13 Å². The van der Waals surface area contributed by atoms with Crippen LogP contribution in [0.3, 0.4) is 0 Å². The zero-order valence-corrected chi connectivity index (χ0v) is 16.1. The number of rotatable bonds is 1. The number of hydrogen-bond acceptors (Lipinski definition) is 2. The van der Waals surface area contributed by atoms with Gasteiger partial charge in [0, 0.05) is 29.6 Å². The molecule has 1 atom stereocenters. The number of nitrogens with zero attached hydrogens (tertiary/aromatic N) is 2. The van der Waals surface area contributed by atoms with E-state index in [2.05, 4.69) is 60.5 Å². The third-order valence-electron chi connectivity index (χ3n) is 5.50. The summed E-state index contributed by atoms with van der Waals surface area (Å²) in [6.45, 7) is 5.38. The molecule has 3 nitrogen and oxygen atoms in total. The summed E-state index contributed by atoms with van der Waals surface area (Å²) in [5, 5.41) is 1.28. The summed E-state index contributed by atoms with van der Waals surface area (Å²) in [6.07, 6.45) is 1.02. The Labute approximate surface area is 159 Å². The molecule has 0 saturated carbocycles. The van der Waals surface area contributed by atoms with Crippen molar-refractivity contribution in [2.75, 3.05) is 20.7 Å². The molecule has 27 heavy (non-hydrogen) atoms. The van der Waals surface area contributed by atoms with Crippen molar-refractivity contribution in [2.45, 2.75) is 26.3 Å². The molecule has 0 spiro atoms. The summed E-state index contributed by atoms with van der Waals surface area (Å²) in [4.78, 5) is 2.35. The molecule has 0 radical (unpaired) electrons. The van der Waals surface area contributed by atoms with Crippen LogP contribution in [0.1, 0.15) is 35.3 Å². The molecule has 0 N–H and O–H groups in total. The van der Waals surface area contributed by atoms with Gasteiger partial charge in [-0.2, -0.15) is 0 Å². The van der Waals surface area contributed by atoms with Crippen LogP contribution in [0.15, 0.2) is 36.4 Å². The predicted molar refractivity (Wildman–Crippen MR) is 107 cm³/mol. The van der Waals surface area contributed by atoms with Crippen molar-refractivity contribution >= 4 is 10.9 Å². The SMILES string of the molecule is COc1ccc(C#Cn2c3c(c4cc(C)ccc42)CCN(C)C3C)cc1F. The van der Waals surface area contributed by atoms with Gasteiger partial charge in [0.2, 0.25) is 0 Å². The van der Waals surface area contributed by atoms with Crippen LogP contribution < -0.4 is 4.74 Å². The Morgan fingerprint density at radius 1 is 1.19 bits per heavy atom.